The molecule has 0 aromatic heterocycles. The zero-order valence-electron chi connectivity index (χ0n) is 17.6. The number of carbonyl (C=O) groups is 3. The van der Waals surface area contributed by atoms with Crippen LogP contribution in [0.2, 0.25) is 0 Å². The number of rotatable bonds is 8. The van der Waals surface area contributed by atoms with Crippen molar-refractivity contribution in [3.63, 3.8) is 0 Å². The fraction of sp³-hybridized carbons (Fsp3) is 0.0800. The van der Waals surface area contributed by atoms with Crippen molar-refractivity contribution < 1.29 is 34.1 Å². The van der Waals surface area contributed by atoms with Gasteiger partial charge >= 0.3 is 12.1 Å². The maximum atomic E-state index is 12.7. The third-order valence-electron chi connectivity index (χ3n) is 4.52. The molecule has 2 atom stereocenters. The van der Waals surface area contributed by atoms with E-state index in [-0.39, 0.29) is 16.9 Å². The SMILES string of the molecule is O=C(O)/C=C/[C@@H](Oc1ccccc1)[C@H](OC(=O)NC(=O)c1ccccc1)c1cc(I)ccc1O. The minimum Gasteiger partial charge on any atom is -0.508 e. The van der Waals surface area contributed by atoms with E-state index >= 15 is 0 Å². The summed E-state index contributed by atoms with van der Waals surface area (Å²) in [7, 11) is 0. The number of carbonyl (C=O) groups excluding carboxylic acids is 2. The van der Waals surface area contributed by atoms with Gasteiger partial charge in [0, 0.05) is 20.8 Å². The van der Waals surface area contributed by atoms with Gasteiger partial charge in [0.25, 0.3) is 5.91 Å². The molecule has 0 saturated heterocycles. The summed E-state index contributed by atoms with van der Waals surface area (Å²) in [6, 6.07) is 21.2. The van der Waals surface area contributed by atoms with Crippen LogP contribution in [0.1, 0.15) is 22.0 Å². The molecule has 0 aliphatic carbocycles. The summed E-state index contributed by atoms with van der Waals surface area (Å²) >= 11 is 2.02. The number of nitrogens with one attached hydrogen (secondary N) is 1. The molecule has 2 amide bonds. The van der Waals surface area contributed by atoms with Gasteiger partial charge in [-0.2, -0.15) is 0 Å². The summed E-state index contributed by atoms with van der Waals surface area (Å²) in [5, 5.41) is 21.8. The molecule has 3 N–H and O–H groups in total. The van der Waals surface area contributed by atoms with E-state index in [1.54, 1.807) is 60.7 Å². The van der Waals surface area contributed by atoms with Gasteiger partial charge in [0.05, 0.1) is 0 Å². The van der Waals surface area contributed by atoms with E-state index in [1.807, 2.05) is 22.6 Å². The molecule has 0 heterocycles. The standard InChI is InChI=1S/C25H20INO7/c26-17-11-12-20(28)19(15-17)23(34-25(32)27-24(31)16-7-3-1-4-8-16)21(13-14-22(29)30)33-18-9-5-2-6-10-18/h1-15,21,23,28H,(H,29,30)(H,27,31,32)/b14-13+/t21-,23-/m1/s1. The van der Waals surface area contributed by atoms with Crippen LogP contribution in [0.25, 0.3) is 0 Å². The lowest BCUT2D eigenvalue weighted by Crippen LogP contribution is -2.36. The summed E-state index contributed by atoms with van der Waals surface area (Å²) in [6.45, 7) is 0. The molecule has 0 aliphatic rings. The monoisotopic (exact) mass is 573 g/mol. The van der Waals surface area contributed by atoms with E-state index < -0.39 is 30.2 Å². The van der Waals surface area contributed by atoms with Crippen LogP contribution in [0.5, 0.6) is 11.5 Å². The fourth-order valence-electron chi connectivity index (χ4n) is 3.00. The molecule has 174 valence electrons. The number of ether oxygens (including phenoxy) is 2. The number of aromatic hydroxyl groups is 1. The van der Waals surface area contributed by atoms with Crippen molar-refractivity contribution in [3.05, 3.63) is 106 Å². The number of carboxylic acids is 1. The van der Waals surface area contributed by atoms with Crippen LogP contribution in [-0.4, -0.2) is 34.3 Å². The first-order chi connectivity index (χ1) is 16.3. The number of imide groups is 1. The quantitative estimate of drug-likeness (QED) is 0.264. The number of aliphatic carboxylic acids is 1. The van der Waals surface area contributed by atoms with Crippen LogP contribution in [0, 0.1) is 3.57 Å². The van der Waals surface area contributed by atoms with Crippen LogP contribution in [-0.2, 0) is 9.53 Å². The number of hydrogen-bond donors (Lipinski definition) is 3. The van der Waals surface area contributed by atoms with Crippen LogP contribution in [0.3, 0.4) is 0 Å². The van der Waals surface area contributed by atoms with Gasteiger partial charge < -0.3 is 19.7 Å². The smallest absolute Gasteiger partial charge is 0.414 e. The van der Waals surface area contributed by atoms with Gasteiger partial charge in [-0.1, -0.05) is 36.4 Å². The van der Waals surface area contributed by atoms with Crippen molar-refractivity contribution in [1.29, 1.82) is 0 Å². The average Bonchev–Trinajstić information content (AvgIpc) is 2.83. The molecule has 0 bridgehead atoms. The lowest BCUT2D eigenvalue weighted by Gasteiger charge is -2.26. The summed E-state index contributed by atoms with van der Waals surface area (Å²) < 4.78 is 12.2. The van der Waals surface area contributed by atoms with Crippen molar-refractivity contribution in [3.8, 4) is 11.5 Å². The predicted molar refractivity (Wildman–Crippen MR) is 132 cm³/mol. The van der Waals surface area contributed by atoms with E-state index in [0.717, 1.165) is 9.65 Å². The van der Waals surface area contributed by atoms with E-state index in [2.05, 4.69) is 5.32 Å². The minimum absolute atomic E-state index is 0.171. The molecule has 0 saturated carbocycles. The molecule has 0 spiro atoms. The zero-order chi connectivity index (χ0) is 24.5. The van der Waals surface area contributed by atoms with Crippen molar-refractivity contribution in [2.75, 3.05) is 0 Å². The summed E-state index contributed by atoms with van der Waals surface area (Å²) in [5.41, 5.74) is 0.418. The topological polar surface area (TPSA) is 122 Å². The molecule has 0 fully saturated rings. The third kappa shape index (κ3) is 7.07. The molecular formula is C25H20INO7. The third-order valence-corrected chi connectivity index (χ3v) is 5.19. The second-order valence-corrected chi connectivity index (χ2v) is 8.19. The van der Waals surface area contributed by atoms with Gasteiger partial charge in [0.2, 0.25) is 0 Å². The Labute approximate surface area is 209 Å². The number of alkyl carbamates (subject to hydrolysis) is 1. The molecule has 3 aromatic rings. The molecule has 3 rings (SSSR count). The largest absolute Gasteiger partial charge is 0.508 e. The second kappa shape index (κ2) is 11.8. The second-order valence-electron chi connectivity index (χ2n) is 6.94. The predicted octanol–water partition coefficient (Wildman–Crippen LogP) is 4.69. The maximum Gasteiger partial charge on any atom is 0.414 e. The van der Waals surface area contributed by atoms with Gasteiger partial charge in [0.15, 0.2) is 12.2 Å². The molecule has 3 aromatic carbocycles. The number of amides is 2. The van der Waals surface area contributed by atoms with Crippen molar-refractivity contribution >= 4 is 40.6 Å². The number of hydrogen-bond acceptors (Lipinski definition) is 6. The van der Waals surface area contributed by atoms with Gasteiger partial charge in [0.1, 0.15) is 11.5 Å². The fourth-order valence-corrected chi connectivity index (χ4v) is 3.51. The number of benzene rings is 3. The first-order valence-electron chi connectivity index (χ1n) is 10.0. The van der Waals surface area contributed by atoms with Gasteiger partial charge in [-0.25, -0.2) is 9.59 Å². The highest BCUT2D eigenvalue weighted by Gasteiger charge is 2.31. The van der Waals surface area contributed by atoms with E-state index in [0.29, 0.717) is 5.75 Å². The Morgan fingerprint density at radius 3 is 2.24 bits per heavy atom. The molecule has 0 radical (unpaired) electrons. The molecule has 8 nitrogen and oxygen atoms in total. The van der Waals surface area contributed by atoms with E-state index in [1.165, 1.54) is 24.3 Å². The van der Waals surface area contributed by atoms with Crippen molar-refractivity contribution in [2.45, 2.75) is 12.2 Å². The lowest BCUT2D eigenvalue weighted by molar-refractivity contribution is -0.131. The maximum absolute atomic E-state index is 12.7. The normalized spacial score (nSPS) is 12.5. The Morgan fingerprint density at radius 1 is 0.941 bits per heavy atom. The first kappa shape index (κ1) is 24.8. The van der Waals surface area contributed by atoms with Crippen molar-refractivity contribution in [1.82, 2.24) is 5.32 Å². The summed E-state index contributed by atoms with van der Waals surface area (Å²) in [4.78, 5) is 36.3. The summed E-state index contributed by atoms with van der Waals surface area (Å²) in [5.74, 6) is -1.74. The van der Waals surface area contributed by atoms with Crippen LogP contribution in [0.15, 0.2) is 91.0 Å². The Balaban J connectivity index is 1.95. The number of para-hydroxylation sites is 1. The Hall–Kier alpha value is -3.86. The highest BCUT2D eigenvalue weighted by molar-refractivity contribution is 14.1. The first-order valence-corrected chi connectivity index (χ1v) is 11.1. The van der Waals surface area contributed by atoms with Crippen LogP contribution >= 0.6 is 22.6 Å². The molecule has 9 heteroatoms. The Bertz CT molecular complexity index is 1180. The zero-order valence-corrected chi connectivity index (χ0v) is 19.8. The van der Waals surface area contributed by atoms with Crippen molar-refractivity contribution in [2.24, 2.45) is 0 Å². The highest BCUT2D eigenvalue weighted by atomic mass is 127. The highest BCUT2D eigenvalue weighted by Crippen LogP contribution is 2.33. The lowest BCUT2D eigenvalue weighted by atomic mass is 10.0. The van der Waals surface area contributed by atoms with E-state index in [4.69, 9.17) is 14.6 Å². The number of carboxylic acid groups (broad SMARTS) is 1. The van der Waals surface area contributed by atoms with Gasteiger partial charge in [-0.15, -0.1) is 0 Å². The molecule has 0 unspecified atom stereocenters. The van der Waals surface area contributed by atoms with E-state index in [9.17, 15) is 19.5 Å². The number of phenols is 1. The van der Waals surface area contributed by atoms with Gasteiger partial charge in [-0.3, -0.25) is 10.1 Å². The Morgan fingerprint density at radius 2 is 1.59 bits per heavy atom. The molecular weight excluding hydrogens is 553 g/mol. The minimum atomic E-state index is -1.30. The summed E-state index contributed by atoms with van der Waals surface area (Å²) in [6.07, 6.45) is -1.50. The number of halogens is 1. The Kier molecular flexibility index (Phi) is 8.63. The van der Waals surface area contributed by atoms with Gasteiger partial charge in [-0.05, 0) is 71.1 Å². The molecule has 34 heavy (non-hydrogen) atoms. The average molecular weight is 573 g/mol. The number of phenolic OH excluding ortho intramolecular Hbond substituents is 1. The van der Waals surface area contributed by atoms with Crippen LogP contribution in [0.4, 0.5) is 4.79 Å². The molecule has 0 aliphatic heterocycles. The van der Waals surface area contributed by atoms with Crippen LogP contribution < -0.4 is 10.1 Å².